The standard InChI is InChI=1S/C18H26O9/c1-9(19)23-5-12-14(7-25-11(3)21)18-15(8-26-17(18)22-4)13(16(12)27-18)6-24-10(2)20/h12-17H,5-8H2,1-4H3/t12-,13+,14+,15-,16-,17?,18+/m0/s1. The molecule has 3 aliphatic heterocycles. The van der Waals surface area contributed by atoms with Crippen LogP contribution in [-0.4, -0.2) is 69.4 Å². The minimum Gasteiger partial charge on any atom is -0.465 e. The van der Waals surface area contributed by atoms with E-state index in [2.05, 4.69) is 0 Å². The molecule has 0 amide bonds. The average Bonchev–Trinajstić information content (AvgIpc) is 3.21. The lowest BCUT2D eigenvalue weighted by molar-refractivity contribution is -0.200. The number of esters is 3. The molecule has 152 valence electrons. The summed E-state index contributed by atoms with van der Waals surface area (Å²) < 4.78 is 33.5. The van der Waals surface area contributed by atoms with Crippen LogP contribution in [-0.2, 0) is 42.8 Å². The summed E-state index contributed by atoms with van der Waals surface area (Å²) in [6.45, 7) is 4.83. The molecule has 3 rings (SSSR count). The summed E-state index contributed by atoms with van der Waals surface area (Å²) >= 11 is 0. The quantitative estimate of drug-likeness (QED) is 0.451. The summed E-state index contributed by atoms with van der Waals surface area (Å²) in [7, 11) is 1.53. The number of carbonyl (C=O) groups is 3. The van der Waals surface area contributed by atoms with Gasteiger partial charge in [-0.05, 0) is 0 Å². The first-order chi connectivity index (χ1) is 12.8. The van der Waals surface area contributed by atoms with Crippen LogP contribution in [0.2, 0.25) is 0 Å². The Morgan fingerprint density at radius 1 is 0.926 bits per heavy atom. The number of methoxy groups -OCH3 is 1. The lowest BCUT2D eigenvalue weighted by Gasteiger charge is -2.41. The van der Waals surface area contributed by atoms with Gasteiger partial charge in [0.05, 0.1) is 32.5 Å². The lowest BCUT2D eigenvalue weighted by atomic mass is 9.63. The largest absolute Gasteiger partial charge is 0.465 e. The Hall–Kier alpha value is -1.71. The number of fused-ring (bicyclic) bond motifs is 1. The van der Waals surface area contributed by atoms with E-state index < -0.39 is 23.8 Å². The Balaban J connectivity index is 1.90. The van der Waals surface area contributed by atoms with Gasteiger partial charge in [0.2, 0.25) is 0 Å². The molecular weight excluding hydrogens is 360 g/mol. The molecule has 3 heterocycles. The summed E-state index contributed by atoms with van der Waals surface area (Å²) in [5.41, 5.74) is -0.843. The molecule has 27 heavy (non-hydrogen) atoms. The molecule has 0 aromatic heterocycles. The van der Waals surface area contributed by atoms with E-state index in [4.69, 9.17) is 28.4 Å². The molecule has 3 saturated heterocycles. The molecule has 9 heteroatoms. The van der Waals surface area contributed by atoms with E-state index in [0.29, 0.717) is 6.61 Å². The van der Waals surface area contributed by atoms with Crippen LogP contribution < -0.4 is 0 Å². The molecule has 0 aromatic carbocycles. The monoisotopic (exact) mass is 386 g/mol. The molecule has 0 aliphatic carbocycles. The van der Waals surface area contributed by atoms with Gasteiger partial charge in [-0.2, -0.15) is 0 Å². The normalized spacial score (nSPS) is 39.1. The number of hydrogen-bond acceptors (Lipinski definition) is 9. The summed E-state index contributed by atoms with van der Waals surface area (Å²) in [4.78, 5) is 34.1. The van der Waals surface area contributed by atoms with Crippen molar-refractivity contribution >= 4 is 17.9 Å². The van der Waals surface area contributed by atoms with Crippen molar-refractivity contribution < 1.29 is 42.8 Å². The molecule has 2 bridgehead atoms. The van der Waals surface area contributed by atoms with E-state index >= 15 is 0 Å². The summed E-state index contributed by atoms with van der Waals surface area (Å²) in [6, 6.07) is 0. The van der Waals surface area contributed by atoms with Gasteiger partial charge in [-0.25, -0.2) is 0 Å². The minimum atomic E-state index is -0.843. The minimum absolute atomic E-state index is 0.0825. The zero-order valence-electron chi connectivity index (χ0n) is 16.0. The van der Waals surface area contributed by atoms with E-state index in [0.717, 1.165) is 0 Å². The topological polar surface area (TPSA) is 107 Å². The van der Waals surface area contributed by atoms with Gasteiger partial charge in [0, 0.05) is 51.6 Å². The van der Waals surface area contributed by atoms with E-state index in [1.54, 1.807) is 0 Å². The second-order valence-corrected chi connectivity index (χ2v) is 7.29. The zero-order valence-corrected chi connectivity index (χ0v) is 16.0. The van der Waals surface area contributed by atoms with Crippen LogP contribution >= 0.6 is 0 Å². The van der Waals surface area contributed by atoms with Crippen LogP contribution in [0.3, 0.4) is 0 Å². The van der Waals surface area contributed by atoms with Gasteiger partial charge < -0.3 is 28.4 Å². The summed E-state index contributed by atoms with van der Waals surface area (Å²) in [5, 5.41) is 0. The van der Waals surface area contributed by atoms with Crippen LogP contribution in [0.4, 0.5) is 0 Å². The highest BCUT2D eigenvalue weighted by Crippen LogP contribution is 2.62. The molecule has 1 unspecified atom stereocenters. The summed E-state index contributed by atoms with van der Waals surface area (Å²) in [6.07, 6.45) is -0.967. The van der Waals surface area contributed by atoms with Gasteiger partial charge in [-0.1, -0.05) is 0 Å². The number of carbonyl (C=O) groups excluding carboxylic acids is 3. The maximum Gasteiger partial charge on any atom is 0.302 e. The zero-order chi connectivity index (χ0) is 19.8. The Morgan fingerprint density at radius 2 is 1.48 bits per heavy atom. The molecule has 7 atom stereocenters. The first-order valence-electron chi connectivity index (χ1n) is 9.03. The van der Waals surface area contributed by atoms with E-state index in [9.17, 15) is 14.4 Å². The Bertz CT molecular complexity index is 606. The SMILES string of the molecule is COC1OC[C@H]2[C@@H](COC(C)=O)[C@H]3O[C@@]12[C@H](COC(C)=O)[C@@H]3COC(C)=O. The number of hydrogen-bond donors (Lipinski definition) is 0. The third-order valence-corrected chi connectivity index (χ3v) is 5.81. The highest BCUT2D eigenvalue weighted by atomic mass is 16.7. The first-order valence-corrected chi connectivity index (χ1v) is 9.03. The number of rotatable bonds is 7. The molecule has 3 fully saturated rings. The molecule has 3 aliphatic rings. The summed E-state index contributed by atoms with van der Waals surface area (Å²) in [5.74, 6) is -1.88. The maximum atomic E-state index is 11.4. The van der Waals surface area contributed by atoms with Crippen molar-refractivity contribution in [3.63, 3.8) is 0 Å². The van der Waals surface area contributed by atoms with Crippen molar-refractivity contribution in [2.24, 2.45) is 23.7 Å². The highest BCUT2D eigenvalue weighted by molar-refractivity contribution is 5.66. The van der Waals surface area contributed by atoms with E-state index in [1.807, 2.05) is 0 Å². The third kappa shape index (κ3) is 3.43. The molecular formula is C18H26O9. The Kier molecular flexibility index (Phi) is 5.73. The van der Waals surface area contributed by atoms with Crippen molar-refractivity contribution in [1.82, 2.24) is 0 Å². The predicted octanol–water partition coefficient (Wildman–Crippen LogP) is 0.294. The van der Waals surface area contributed by atoms with Gasteiger partial charge in [-0.15, -0.1) is 0 Å². The molecule has 0 aromatic rings. The average molecular weight is 386 g/mol. The molecule has 1 spiro atoms. The fourth-order valence-corrected chi connectivity index (χ4v) is 4.85. The van der Waals surface area contributed by atoms with Crippen LogP contribution in [0.1, 0.15) is 20.8 Å². The fraction of sp³-hybridized carbons (Fsp3) is 0.833. The first kappa shape index (κ1) is 20.0. The Morgan fingerprint density at radius 3 is 2.04 bits per heavy atom. The van der Waals surface area contributed by atoms with Crippen molar-refractivity contribution in [2.75, 3.05) is 33.5 Å². The molecule has 0 radical (unpaired) electrons. The van der Waals surface area contributed by atoms with Crippen LogP contribution in [0.15, 0.2) is 0 Å². The van der Waals surface area contributed by atoms with E-state index in [1.165, 1.54) is 27.9 Å². The van der Waals surface area contributed by atoms with E-state index in [-0.39, 0.29) is 55.6 Å². The van der Waals surface area contributed by atoms with Crippen LogP contribution in [0.25, 0.3) is 0 Å². The van der Waals surface area contributed by atoms with Gasteiger partial charge in [0.1, 0.15) is 5.60 Å². The van der Waals surface area contributed by atoms with Crippen LogP contribution in [0.5, 0.6) is 0 Å². The third-order valence-electron chi connectivity index (χ3n) is 5.81. The maximum absolute atomic E-state index is 11.4. The number of ether oxygens (including phenoxy) is 6. The van der Waals surface area contributed by atoms with Crippen molar-refractivity contribution in [3.8, 4) is 0 Å². The van der Waals surface area contributed by atoms with Crippen molar-refractivity contribution in [2.45, 2.75) is 38.8 Å². The van der Waals surface area contributed by atoms with Crippen molar-refractivity contribution in [3.05, 3.63) is 0 Å². The van der Waals surface area contributed by atoms with Gasteiger partial charge >= 0.3 is 17.9 Å². The van der Waals surface area contributed by atoms with Crippen LogP contribution in [0, 0.1) is 23.7 Å². The Labute approximate surface area is 157 Å². The van der Waals surface area contributed by atoms with Gasteiger partial charge in [0.25, 0.3) is 0 Å². The van der Waals surface area contributed by atoms with Gasteiger partial charge in [-0.3, -0.25) is 14.4 Å². The predicted molar refractivity (Wildman–Crippen MR) is 88.2 cm³/mol. The lowest BCUT2D eigenvalue weighted by Crippen LogP contribution is -2.55. The van der Waals surface area contributed by atoms with Crippen molar-refractivity contribution in [1.29, 1.82) is 0 Å². The molecule has 0 N–H and O–H groups in total. The fourth-order valence-electron chi connectivity index (χ4n) is 4.85. The molecule has 9 nitrogen and oxygen atoms in total. The second-order valence-electron chi connectivity index (χ2n) is 7.29. The molecule has 0 saturated carbocycles. The van der Waals surface area contributed by atoms with Gasteiger partial charge in [0.15, 0.2) is 6.29 Å². The highest BCUT2D eigenvalue weighted by Gasteiger charge is 2.75. The smallest absolute Gasteiger partial charge is 0.302 e. The second kappa shape index (κ2) is 7.73.